The van der Waals surface area contributed by atoms with Crippen molar-refractivity contribution in [3.8, 4) is 5.88 Å². The second-order valence-corrected chi connectivity index (χ2v) is 2.37. The van der Waals surface area contributed by atoms with Crippen LogP contribution in [0.25, 0.3) is 0 Å². The van der Waals surface area contributed by atoms with Gasteiger partial charge in [-0.25, -0.2) is 0 Å². The number of anilines is 2. The summed E-state index contributed by atoms with van der Waals surface area (Å²) in [5.41, 5.74) is 10.8. The number of rotatable bonds is 3. The van der Waals surface area contributed by atoms with Gasteiger partial charge in [-0.15, -0.1) is 0 Å². The highest BCUT2D eigenvalue weighted by Crippen LogP contribution is 2.11. The summed E-state index contributed by atoms with van der Waals surface area (Å²) >= 11 is 0. The Kier molecular flexibility index (Phi) is 3.08. The maximum atomic E-state index is 5.43. The standard InChI is InChI=1S/C8H12N4O/c1-2-3-4-13-7-5-6(9)11-8(10)12-7/h2-3,5H,4H2,1H3,(H4,9,10,11,12)/b3-2+. The van der Waals surface area contributed by atoms with Gasteiger partial charge in [-0.3, -0.25) is 0 Å². The average Bonchev–Trinajstić information content (AvgIpc) is 2.03. The normalized spacial score (nSPS) is 10.5. The van der Waals surface area contributed by atoms with Gasteiger partial charge in [0.15, 0.2) is 0 Å². The smallest absolute Gasteiger partial charge is 0.225 e. The molecule has 0 saturated heterocycles. The molecule has 0 bridgehead atoms. The highest BCUT2D eigenvalue weighted by atomic mass is 16.5. The summed E-state index contributed by atoms with van der Waals surface area (Å²) in [5.74, 6) is 0.821. The van der Waals surface area contributed by atoms with Crippen LogP contribution in [0.15, 0.2) is 18.2 Å². The third-order valence-electron chi connectivity index (χ3n) is 1.30. The quantitative estimate of drug-likeness (QED) is 0.665. The van der Waals surface area contributed by atoms with Crippen LogP contribution in [-0.4, -0.2) is 16.6 Å². The molecule has 13 heavy (non-hydrogen) atoms. The van der Waals surface area contributed by atoms with Crippen LogP contribution >= 0.6 is 0 Å². The van der Waals surface area contributed by atoms with Crippen LogP contribution in [-0.2, 0) is 0 Å². The van der Waals surface area contributed by atoms with Gasteiger partial charge in [-0.2, -0.15) is 9.97 Å². The maximum Gasteiger partial charge on any atom is 0.225 e. The number of aromatic nitrogens is 2. The van der Waals surface area contributed by atoms with E-state index in [1.807, 2.05) is 19.1 Å². The number of ether oxygens (including phenoxy) is 1. The van der Waals surface area contributed by atoms with Gasteiger partial charge in [-0.1, -0.05) is 12.2 Å². The minimum atomic E-state index is 0.121. The van der Waals surface area contributed by atoms with E-state index in [-0.39, 0.29) is 5.95 Å². The first-order valence-electron chi connectivity index (χ1n) is 3.86. The van der Waals surface area contributed by atoms with E-state index in [4.69, 9.17) is 16.2 Å². The van der Waals surface area contributed by atoms with Gasteiger partial charge < -0.3 is 16.2 Å². The molecule has 5 heteroatoms. The number of nitrogens with zero attached hydrogens (tertiary/aromatic N) is 2. The van der Waals surface area contributed by atoms with E-state index in [1.165, 1.54) is 6.07 Å². The van der Waals surface area contributed by atoms with Crippen molar-refractivity contribution in [2.24, 2.45) is 0 Å². The van der Waals surface area contributed by atoms with Gasteiger partial charge in [-0.05, 0) is 6.92 Å². The molecule has 0 atom stereocenters. The van der Waals surface area contributed by atoms with Gasteiger partial charge in [0.25, 0.3) is 0 Å². The van der Waals surface area contributed by atoms with E-state index in [0.717, 1.165) is 0 Å². The molecule has 0 saturated carbocycles. The lowest BCUT2D eigenvalue weighted by Crippen LogP contribution is -2.03. The molecule has 0 aromatic carbocycles. The van der Waals surface area contributed by atoms with Crippen LogP contribution < -0.4 is 16.2 Å². The number of hydrogen-bond acceptors (Lipinski definition) is 5. The molecule has 0 fully saturated rings. The lowest BCUT2D eigenvalue weighted by Gasteiger charge is -2.02. The van der Waals surface area contributed by atoms with Crippen LogP contribution in [0.4, 0.5) is 11.8 Å². The highest BCUT2D eigenvalue weighted by Gasteiger charge is 1.98. The number of hydrogen-bond donors (Lipinski definition) is 2. The Bertz CT molecular complexity index is 291. The molecule has 1 aromatic heterocycles. The summed E-state index contributed by atoms with van der Waals surface area (Å²) < 4.78 is 5.21. The fourth-order valence-corrected chi connectivity index (χ4v) is 0.765. The Morgan fingerprint density at radius 3 is 2.85 bits per heavy atom. The molecule has 0 unspecified atom stereocenters. The molecular weight excluding hydrogens is 168 g/mol. The van der Waals surface area contributed by atoms with E-state index in [9.17, 15) is 0 Å². The zero-order chi connectivity index (χ0) is 9.68. The summed E-state index contributed by atoms with van der Waals surface area (Å²) in [4.78, 5) is 7.55. The van der Waals surface area contributed by atoms with Gasteiger partial charge in [0, 0.05) is 6.07 Å². The van der Waals surface area contributed by atoms with Crippen molar-refractivity contribution in [3.63, 3.8) is 0 Å². The molecule has 70 valence electrons. The highest BCUT2D eigenvalue weighted by molar-refractivity contribution is 5.38. The predicted molar refractivity (Wildman–Crippen MR) is 51.2 cm³/mol. The van der Waals surface area contributed by atoms with Crippen molar-refractivity contribution in [3.05, 3.63) is 18.2 Å². The third-order valence-corrected chi connectivity index (χ3v) is 1.30. The molecule has 0 aliphatic carbocycles. The van der Waals surface area contributed by atoms with E-state index < -0.39 is 0 Å². The summed E-state index contributed by atoms with van der Waals surface area (Å²) in [6, 6.07) is 1.53. The number of allylic oxidation sites excluding steroid dienone is 1. The van der Waals surface area contributed by atoms with Crippen molar-refractivity contribution in [2.75, 3.05) is 18.1 Å². The molecule has 1 aromatic rings. The Labute approximate surface area is 76.4 Å². The van der Waals surface area contributed by atoms with Gasteiger partial charge in [0.1, 0.15) is 12.4 Å². The van der Waals surface area contributed by atoms with Gasteiger partial charge in [0.05, 0.1) is 0 Å². The molecule has 0 amide bonds. The number of nitrogens with two attached hydrogens (primary N) is 2. The first-order valence-corrected chi connectivity index (χ1v) is 3.86. The lowest BCUT2D eigenvalue weighted by atomic mass is 10.5. The Morgan fingerprint density at radius 1 is 1.46 bits per heavy atom. The van der Waals surface area contributed by atoms with E-state index >= 15 is 0 Å². The molecule has 0 radical (unpaired) electrons. The molecule has 0 aliphatic rings. The molecule has 4 N–H and O–H groups in total. The van der Waals surface area contributed by atoms with Crippen LogP contribution in [0.3, 0.4) is 0 Å². The predicted octanol–water partition coefficient (Wildman–Crippen LogP) is 0.596. The van der Waals surface area contributed by atoms with E-state index in [0.29, 0.717) is 18.3 Å². The first kappa shape index (κ1) is 9.31. The largest absolute Gasteiger partial charge is 0.473 e. The molecule has 0 aliphatic heterocycles. The van der Waals surface area contributed by atoms with Crippen molar-refractivity contribution in [1.29, 1.82) is 0 Å². The average molecular weight is 180 g/mol. The molecule has 5 nitrogen and oxygen atoms in total. The van der Waals surface area contributed by atoms with Gasteiger partial charge in [0.2, 0.25) is 11.8 Å². The van der Waals surface area contributed by atoms with Crippen molar-refractivity contribution in [2.45, 2.75) is 6.92 Å². The zero-order valence-electron chi connectivity index (χ0n) is 7.40. The summed E-state index contributed by atoms with van der Waals surface area (Å²) in [7, 11) is 0. The summed E-state index contributed by atoms with van der Waals surface area (Å²) in [6.07, 6.45) is 3.74. The SMILES string of the molecule is C/C=C/COc1cc(N)nc(N)n1. The molecule has 1 heterocycles. The second kappa shape index (κ2) is 4.30. The number of nitrogen functional groups attached to an aromatic ring is 2. The minimum absolute atomic E-state index is 0.121. The molecule has 0 spiro atoms. The Hall–Kier alpha value is -1.78. The fourth-order valence-electron chi connectivity index (χ4n) is 0.765. The van der Waals surface area contributed by atoms with Crippen molar-refractivity contribution < 1.29 is 4.74 Å². The maximum absolute atomic E-state index is 5.43. The summed E-state index contributed by atoms with van der Waals surface area (Å²) in [6.45, 7) is 2.36. The van der Waals surface area contributed by atoms with Crippen LogP contribution in [0.5, 0.6) is 5.88 Å². The topological polar surface area (TPSA) is 87.0 Å². The fraction of sp³-hybridized carbons (Fsp3) is 0.250. The van der Waals surface area contributed by atoms with Crippen LogP contribution in [0, 0.1) is 0 Å². The monoisotopic (exact) mass is 180 g/mol. The Morgan fingerprint density at radius 2 is 2.23 bits per heavy atom. The van der Waals surface area contributed by atoms with Crippen LogP contribution in [0.2, 0.25) is 0 Å². The zero-order valence-corrected chi connectivity index (χ0v) is 7.40. The Balaban J connectivity index is 2.66. The van der Waals surface area contributed by atoms with E-state index in [2.05, 4.69) is 9.97 Å². The van der Waals surface area contributed by atoms with Gasteiger partial charge >= 0.3 is 0 Å². The van der Waals surface area contributed by atoms with Crippen LogP contribution in [0.1, 0.15) is 6.92 Å². The molecular formula is C8H12N4O. The summed E-state index contributed by atoms with van der Waals surface area (Å²) in [5, 5.41) is 0. The minimum Gasteiger partial charge on any atom is -0.473 e. The third kappa shape index (κ3) is 2.98. The van der Waals surface area contributed by atoms with Crippen molar-refractivity contribution in [1.82, 2.24) is 9.97 Å². The first-order chi connectivity index (χ1) is 6.22. The van der Waals surface area contributed by atoms with Crippen molar-refractivity contribution >= 4 is 11.8 Å². The molecule has 1 rings (SSSR count). The second-order valence-electron chi connectivity index (χ2n) is 2.37. The van der Waals surface area contributed by atoms with E-state index in [1.54, 1.807) is 0 Å². The lowest BCUT2D eigenvalue weighted by molar-refractivity contribution is 0.348.